The molecule has 2 heterocycles. The van der Waals surface area contributed by atoms with E-state index in [2.05, 4.69) is 58.4 Å². The molecule has 0 bridgehead atoms. The monoisotopic (exact) mass is 403 g/mol. The van der Waals surface area contributed by atoms with Crippen molar-refractivity contribution in [1.29, 1.82) is 0 Å². The first-order chi connectivity index (χ1) is 14.2. The minimum atomic E-state index is 0.113. The normalized spacial score (nSPS) is 18.3. The van der Waals surface area contributed by atoms with Crippen molar-refractivity contribution in [3.8, 4) is 5.75 Å². The van der Waals surface area contributed by atoms with Crippen LogP contribution in [-0.4, -0.2) is 16.2 Å². The SMILES string of the molecule is CCOc1ccccc1C1CC(c2ccc(Cl)cc2)Nc2nc3ccccc3n21. The van der Waals surface area contributed by atoms with E-state index >= 15 is 0 Å². The third kappa shape index (κ3) is 3.23. The lowest BCUT2D eigenvalue weighted by atomic mass is 9.92. The van der Waals surface area contributed by atoms with Gasteiger partial charge in [-0.1, -0.05) is 54.1 Å². The zero-order chi connectivity index (χ0) is 19.8. The van der Waals surface area contributed by atoms with Gasteiger partial charge in [-0.05, 0) is 49.2 Å². The lowest BCUT2D eigenvalue weighted by Crippen LogP contribution is -2.27. The van der Waals surface area contributed by atoms with E-state index in [-0.39, 0.29) is 12.1 Å². The van der Waals surface area contributed by atoms with Gasteiger partial charge in [0.15, 0.2) is 0 Å². The first-order valence-electron chi connectivity index (χ1n) is 9.95. The Morgan fingerprint density at radius 2 is 1.79 bits per heavy atom. The molecule has 1 N–H and O–H groups in total. The van der Waals surface area contributed by atoms with E-state index in [1.165, 1.54) is 11.1 Å². The molecule has 4 aromatic rings. The molecule has 0 radical (unpaired) electrons. The van der Waals surface area contributed by atoms with Crippen LogP contribution in [0.3, 0.4) is 0 Å². The van der Waals surface area contributed by atoms with Crippen molar-refractivity contribution in [2.24, 2.45) is 0 Å². The summed E-state index contributed by atoms with van der Waals surface area (Å²) in [6.07, 6.45) is 0.888. The van der Waals surface area contributed by atoms with Crippen molar-refractivity contribution in [2.45, 2.75) is 25.4 Å². The van der Waals surface area contributed by atoms with Crippen LogP contribution < -0.4 is 10.1 Å². The number of aromatic nitrogens is 2. The van der Waals surface area contributed by atoms with Crippen molar-refractivity contribution in [3.63, 3.8) is 0 Å². The third-order valence-electron chi connectivity index (χ3n) is 5.52. The van der Waals surface area contributed by atoms with Crippen LogP contribution in [0.5, 0.6) is 5.75 Å². The highest BCUT2D eigenvalue weighted by Gasteiger charge is 2.32. The molecule has 0 saturated heterocycles. The zero-order valence-electron chi connectivity index (χ0n) is 16.2. The summed E-state index contributed by atoms with van der Waals surface area (Å²) >= 11 is 6.11. The highest BCUT2D eigenvalue weighted by molar-refractivity contribution is 6.30. The molecule has 0 amide bonds. The number of para-hydroxylation sites is 3. The molecule has 2 atom stereocenters. The Hall–Kier alpha value is -2.98. The van der Waals surface area contributed by atoms with Gasteiger partial charge < -0.3 is 14.6 Å². The number of hydrogen-bond donors (Lipinski definition) is 1. The summed E-state index contributed by atoms with van der Waals surface area (Å²) in [6.45, 7) is 2.66. The van der Waals surface area contributed by atoms with Gasteiger partial charge in [0.2, 0.25) is 5.95 Å². The van der Waals surface area contributed by atoms with E-state index in [4.69, 9.17) is 21.3 Å². The minimum absolute atomic E-state index is 0.113. The van der Waals surface area contributed by atoms with Crippen LogP contribution >= 0.6 is 11.6 Å². The maximum atomic E-state index is 6.11. The summed E-state index contributed by atoms with van der Waals surface area (Å²) in [5, 5.41) is 4.39. The van der Waals surface area contributed by atoms with Crippen LogP contribution in [0, 0.1) is 0 Å². The van der Waals surface area contributed by atoms with Crippen molar-refractivity contribution < 1.29 is 4.74 Å². The van der Waals surface area contributed by atoms with Crippen LogP contribution in [0.4, 0.5) is 5.95 Å². The maximum Gasteiger partial charge on any atom is 0.204 e. The fourth-order valence-corrected chi connectivity index (χ4v) is 4.35. The Morgan fingerprint density at radius 3 is 2.62 bits per heavy atom. The van der Waals surface area contributed by atoms with E-state index < -0.39 is 0 Å². The molecule has 1 aliphatic heterocycles. The van der Waals surface area contributed by atoms with Crippen LogP contribution in [0.15, 0.2) is 72.8 Å². The Kier molecular flexibility index (Phi) is 4.64. The van der Waals surface area contributed by atoms with Gasteiger partial charge in [0.05, 0.1) is 29.7 Å². The van der Waals surface area contributed by atoms with Crippen LogP contribution in [0.2, 0.25) is 5.02 Å². The summed E-state index contributed by atoms with van der Waals surface area (Å²) in [4.78, 5) is 4.88. The summed E-state index contributed by atoms with van der Waals surface area (Å²) < 4.78 is 8.28. The Morgan fingerprint density at radius 1 is 1.03 bits per heavy atom. The fraction of sp³-hybridized carbons (Fsp3) is 0.208. The molecule has 4 nitrogen and oxygen atoms in total. The van der Waals surface area contributed by atoms with Gasteiger partial charge in [0, 0.05) is 10.6 Å². The average molecular weight is 404 g/mol. The number of rotatable bonds is 4. The van der Waals surface area contributed by atoms with E-state index in [0.29, 0.717) is 6.61 Å². The third-order valence-corrected chi connectivity index (χ3v) is 5.77. The molecule has 146 valence electrons. The molecular weight excluding hydrogens is 382 g/mol. The number of benzene rings is 3. The number of fused-ring (bicyclic) bond motifs is 3. The van der Waals surface area contributed by atoms with E-state index in [9.17, 15) is 0 Å². The summed E-state index contributed by atoms with van der Waals surface area (Å²) in [5.41, 5.74) is 4.50. The number of nitrogens with one attached hydrogen (secondary N) is 1. The van der Waals surface area contributed by atoms with E-state index in [1.54, 1.807) is 0 Å². The van der Waals surface area contributed by atoms with Gasteiger partial charge in [0.25, 0.3) is 0 Å². The van der Waals surface area contributed by atoms with Crippen molar-refractivity contribution in [3.05, 3.63) is 88.9 Å². The molecule has 1 aliphatic rings. The standard InChI is InChI=1S/C24H22ClN3O/c1-2-29-23-10-6-3-7-18(23)22-15-20(16-11-13-17(25)14-12-16)27-24-26-19-8-4-5-9-21(19)28(22)24/h3-14,20,22H,2,15H2,1H3,(H,26,27). The van der Waals surface area contributed by atoms with Crippen molar-refractivity contribution in [1.82, 2.24) is 9.55 Å². The predicted molar refractivity (Wildman–Crippen MR) is 118 cm³/mol. The molecule has 29 heavy (non-hydrogen) atoms. The van der Waals surface area contributed by atoms with E-state index in [0.717, 1.165) is 34.2 Å². The Balaban J connectivity index is 1.67. The second kappa shape index (κ2) is 7.45. The molecule has 5 rings (SSSR count). The largest absolute Gasteiger partial charge is 0.494 e. The quantitative estimate of drug-likeness (QED) is 0.438. The molecule has 5 heteroatoms. The predicted octanol–water partition coefficient (Wildman–Crippen LogP) is 6.23. The molecule has 1 aromatic heterocycles. The molecule has 0 aliphatic carbocycles. The summed E-state index contributed by atoms with van der Waals surface area (Å²) in [6, 6.07) is 24.9. The summed E-state index contributed by atoms with van der Waals surface area (Å²) in [5.74, 6) is 1.81. The molecular formula is C24H22ClN3O. The molecule has 3 aromatic carbocycles. The second-order valence-electron chi connectivity index (χ2n) is 7.26. The number of halogens is 1. The first-order valence-corrected chi connectivity index (χ1v) is 10.3. The maximum absolute atomic E-state index is 6.11. The van der Waals surface area contributed by atoms with Crippen LogP contribution in [0.1, 0.15) is 36.6 Å². The number of imidazole rings is 1. The lowest BCUT2D eigenvalue weighted by Gasteiger charge is -2.34. The van der Waals surface area contributed by atoms with Gasteiger partial charge in [-0.15, -0.1) is 0 Å². The van der Waals surface area contributed by atoms with Crippen LogP contribution in [0.25, 0.3) is 11.0 Å². The lowest BCUT2D eigenvalue weighted by molar-refractivity contribution is 0.329. The highest BCUT2D eigenvalue weighted by atomic mass is 35.5. The van der Waals surface area contributed by atoms with Crippen LogP contribution in [-0.2, 0) is 0 Å². The van der Waals surface area contributed by atoms with Gasteiger partial charge in [-0.3, -0.25) is 0 Å². The van der Waals surface area contributed by atoms with Gasteiger partial charge in [-0.2, -0.15) is 0 Å². The molecule has 0 saturated carbocycles. The van der Waals surface area contributed by atoms with Gasteiger partial charge in [-0.25, -0.2) is 4.98 Å². The number of anilines is 1. The Labute approximate surface area is 175 Å². The van der Waals surface area contributed by atoms with Crippen molar-refractivity contribution >= 4 is 28.6 Å². The van der Waals surface area contributed by atoms with Gasteiger partial charge >= 0.3 is 0 Å². The average Bonchev–Trinajstić information content (AvgIpc) is 3.13. The number of hydrogen-bond acceptors (Lipinski definition) is 3. The second-order valence-corrected chi connectivity index (χ2v) is 7.70. The Bertz CT molecular complexity index is 1150. The minimum Gasteiger partial charge on any atom is -0.494 e. The molecule has 2 unspecified atom stereocenters. The van der Waals surface area contributed by atoms with Gasteiger partial charge in [0.1, 0.15) is 5.75 Å². The fourth-order valence-electron chi connectivity index (χ4n) is 4.23. The number of nitrogens with zero attached hydrogens (tertiary/aromatic N) is 2. The topological polar surface area (TPSA) is 39.1 Å². The zero-order valence-corrected chi connectivity index (χ0v) is 16.9. The first kappa shape index (κ1) is 18.1. The molecule has 0 spiro atoms. The van der Waals surface area contributed by atoms with Crippen molar-refractivity contribution in [2.75, 3.05) is 11.9 Å². The smallest absolute Gasteiger partial charge is 0.204 e. The highest BCUT2D eigenvalue weighted by Crippen LogP contribution is 2.43. The van der Waals surface area contributed by atoms with E-state index in [1.807, 2.05) is 31.2 Å². The summed E-state index contributed by atoms with van der Waals surface area (Å²) in [7, 11) is 0. The number of ether oxygens (including phenoxy) is 1. The molecule has 0 fully saturated rings.